The summed E-state index contributed by atoms with van der Waals surface area (Å²) in [5.41, 5.74) is 4.59. The first-order valence-electron chi connectivity index (χ1n) is 7.74. The van der Waals surface area contributed by atoms with Gasteiger partial charge >= 0.3 is 0 Å². The summed E-state index contributed by atoms with van der Waals surface area (Å²) in [5, 5.41) is 3.36. The van der Waals surface area contributed by atoms with E-state index < -0.39 is 0 Å². The number of benzene rings is 1. The largest absolute Gasteiger partial charge is 0.367 e. The van der Waals surface area contributed by atoms with Gasteiger partial charge in [0.1, 0.15) is 0 Å². The summed E-state index contributed by atoms with van der Waals surface area (Å²) in [5.74, 6) is 0. The van der Waals surface area contributed by atoms with Gasteiger partial charge in [-0.05, 0) is 43.5 Å². The Kier molecular flexibility index (Phi) is 5.15. The van der Waals surface area contributed by atoms with Crippen LogP contribution in [0.5, 0.6) is 0 Å². The Morgan fingerprint density at radius 1 is 1.29 bits per heavy atom. The summed E-state index contributed by atoms with van der Waals surface area (Å²) >= 11 is 3.62. The van der Waals surface area contributed by atoms with Crippen LogP contribution in [0.4, 0.5) is 5.69 Å². The van der Waals surface area contributed by atoms with Crippen molar-refractivity contribution in [1.29, 1.82) is 0 Å². The standard InChI is InChI=1S/C18H27BrN2/c1-13(20-5)16-7-6-15(19)12-17(16)21-10-8-14(9-11-21)18(2,3)4/h6-8,12-13,20H,9-11H2,1-5H3. The lowest BCUT2D eigenvalue weighted by Gasteiger charge is -2.35. The maximum absolute atomic E-state index is 3.62. The summed E-state index contributed by atoms with van der Waals surface area (Å²) in [6.07, 6.45) is 3.57. The maximum atomic E-state index is 3.62. The molecule has 1 aliphatic heterocycles. The normalized spacial score (nSPS) is 17.6. The van der Waals surface area contributed by atoms with E-state index in [1.54, 1.807) is 5.57 Å². The molecule has 0 bridgehead atoms. The second-order valence-corrected chi connectivity index (χ2v) is 7.80. The molecule has 1 aromatic carbocycles. The van der Waals surface area contributed by atoms with Crippen LogP contribution in [0.1, 0.15) is 45.7 Å². The topological polar surface area (TPSA) is 15.3 Å². The van der Waals surface area contributed by atoms with Crippen molar-refractivity contribution in [1.82, 2.24) is 5.32 Å². The monoisotopic (exact) mass is 350 g/mol. The Morgan fingerprint density at radius 2 is 2.00 bits per heavy atom. The first-order chi connectivity index (χ1) is 9.82. The van der Waals surface area contributed by atoms with Crippen molar-refractivity contribution in [2.24, 2.45) is 5.41 Å². The molecule has 1 aromatic rings. The van der Waals surface area contributed by atoms with E-state index in [2.05, 4.69) is 78.1 Å². The van der Waals surface area contributed by atoms with Gasteiger partial charge in [-0.2, -0.15) is 0 Å². The first-order valence-corrected chi connectivity index (χ1v) is 8.53. The van der Waals surface area contributed by atoms with E-state index in [1.165, 1.54) is 11.3 Å². The zero-order chi connectivity index (χ0) is 15.6. The lowest BCUT2D eigenvalue weighted by Crippen LogP contribution is -2.32. The Bertz CT molecular complexity index is 529. The van der Waals surface area contributed by atoms with Gasteiger partial charge in [0.25, 0.3) is 0 Å². The zero-order valence-corrected chi connectivity index (χ0v) is 15.4. The second-order valence-electron chi connectivity index (χ2n) is 6.89. The predicted octanol–water partition coefficient (Wildman–Crippen LogP) is 4.91. The molecule has 1 unspecified atom stereocenters. The molecule has 0 radical (unpaired) electrons. The predicted molar refractivity (Wildman–Crippen MR) is 96.0 cm³/mol. The van der Waals surface area contributed by atoms with Crippen molar-refractivity contribution in [3.63, 3.8) is 0 Å². The van der Waals surface area contributed by atoms with E-state index in [-0.39, 0.29) is 0 Å². The molecule has 0 saturated carbocycles. The highest BCUT2D eigenvalue weighted by atomic mass is 79.9. The number of anilines is 1. The number of hydrogen-bond donors (Lipinski definition) is 1. The van der Waals surface area contributed by atoms with Crippen molar-refractivity contribution in [2.45, 2.75) is 40.2 Å². The molecule has 0 amide bonds. The van der Waals surface area contributed by atoms with E-state index in [0.717, 1.165) is 24.0 Å². The SMILES string of the molecule is CNC(C)c1ccc(Br)cc1N1CC=C(C(C)(C)C)CC1. The van der Waals surface area contributed by atoms with Gasteiger partial charge in [0.2, 0.25) is 0 Å². The third kappa shape index (κ3) is 3.89. The van der Waals surface area contributed by atoms with E-state index in [1.807, 2.05) is 7.05 Å². The van der Waals surface area contributed by atoms with Crippen LogP contribution in [-0.2, 0) is 0 Å². The zero-order valence-electron chi connectivity index (χ0n) is 13.8. The molecule has 2 rings (SSSR count). The summed E-state index contributed by atoms with van der Waals surface area (Å²) < 4.78 is 1.15. The molecular formula is C18H27BrN2. The van der Waals surface area contributed by atoms with Crippen LogP contribution in [-0.4, -0.2) is 20.1 Å². The summed E-state index contributed by atoms with van der Waals surface area (Å²) in [4.78, 5) is 2.49. The smallest absolute Gasteiger partial charge is 0.0428 e. The molecule has 1 N–H and O–H groups in total. The van der Waals surface area contributed by atoms with Gasteiger partial charge in [-0.25, -0.2) is 0 Å². The molecule has 0 aliphatic carbocycles. The van der Waals surface area contributed by atoms with Gasteiger partial charge in [-0.15, -0.1) is 0 Å². The Hall–Kier alpha value is -0.800. The fourth-order valence-corrected chi connectivity index (χ4v) is 3.23. The molecule has 3 heteroatoms. The molecule has 0 aromatic heterocycles. The molecule has 116 valence electrons. The summed E-state index contributed by atoms with van der Waals surface area (Å²) in [7, 11) is 2.02. The molecule has 0 spiro atoms. The Morgan fingerprint density at radius 3 is 2.52 bits per heavy atom. The van der Waals surface area contributed by atoms with Crippen molar-refractivity contribution in [2.75, 3.05) is 25.0 Å². The number of nitrogens with one attached hydrogen (secondary N) is 1. The highest BCUT2D eigenvalue weighted by molar-refractivity contribution is 9.10. The molecule has 0 fully saturated rings. The maximum Gasteiger partial charge on any atom is 0.0428 e. The molecule has 0 saturated heterocycles. The third-order valence-electron chi connectivity index (χ3n) is 4.41. The van der Waals surface area contributed by atoms with Crippen LogP contribution in [0.15, 0.2) is 34.3 Å². The lowest BCUT2D eigenvalue weighted by atomic mass is 9.83. The first kappa shape index (κ1) is 16.6. The van der Waals surface area contributed by atoms with Gasteiger partial charge in [0.05, 0.1) is 0 Å². The van der Waals surface area contributed by atoms with E-state index in [0.29, 0.717) is 11.5 Å². The number of nitrogens with zero attached hydrogens (tertiary/aromatic N) is 1. The molecular weight excluding hydrogens is 324 g/mol. The van der Waals surface area contributed by atoms with Crippen LogP contribution >= 0.6 is 15.9 Å². The van der Waals surface area contributed by atoms with Crippen molar-refractivity contribution in [3.8, 4) is 0 Å². The molecule has 21 heavy (non-hydrogen) atoms. The average molecular weight is 351 g/mol. The van der Waals surface area contributed by atoms with Crippen molar-refractivity contribution < 1.29 is 0 Å². The van der Waals surface area contributed by atoms with Gasteiger partial charge in [-0.3, -0.25) is 0 Å². The van der Waals surface area contributed by atoms with Crippen LogP contribution in [0.2, 0.25) is 0 Å². The van der Waals surface area contributed by atoms with Crippen LogP contribution in [0.25, 0.3) is 0 Å². The van der Waals surface area contributed by atoms with Gasteiger partial charge < -0.3 is 10.2 Å². The number of halogens is 1. The van der Waals surface area contributed by atoms with E-state index in [4.69, 9.17) is 0 Å². The Labute approximate surface area is 137 Å². The van der Waals surface area contributed by atoms with Gasteiger partial charge in [-0.1, -0.05) is 54.4 Å². The van der Waals surface area contributed by atoms with Crippen LogP contribution in [0, 0.1) is 5.41 Å². The van der Waals surface area contributed by atoms with Crippen molar-refractivity contribution in [3.05, 3.63) is 39.9 Å². The minimum absolute atomic E-state index is 0.296. The fraction of sp³-hybridized carbons (Fsp3) is 0.556. The van der Waals surface area contributed by atoms with Gasteiger partial charge in [0.15, 0.2) is 0 Å². The minimum Gasteiger partial charge on any atom is -0.367 e. The van der Waals surface area contributed by atoms with Crippen LogP contribution in [0.3, 0.4) is 0 Å². The highest BCUT2D eigenvalue weighted by Crippen LogP contribution is 2.35. The highest BCUT2D eigenvalue weighted by Gasteiger charge is 2.23. The average Bonchev–Trinajstić information content (AvgIpc) is 2.45. The molecule has 1 heterocycles. The van der Waals surface area contributed by atoms with Crippen molar-refractivity contribution >= 4 is 21.6 Å². The third-order valence-corrected chi connectivity index (χ3v) is 4.90. The quantitative estimate of drug-likeness (QED) is 0.778. The number of rotatable bonds is 3. The minimum atomic E-state index is 0.296. The molecule has 1 aliphatic rings. The number of hydrogen-bond acceptors (Lipinski definition) is 2. The fourth-order valence-electron chi connectivity index (χ4n) is 2.88. The second kappa shape index (κ2) is 6.53. The summed E-state index contributed by atoms with van der Waals surface area (Å²) in [6.45, 7) is 11.2. The van der Waals surface area contributed by atoms with Crippen LogP contribution < -0.4 is 10.2 Å². The van der Waals surface area contributed by atoms with E-state index >= 15 is 0 Å². The molecule has 1 atom stereocenters. The molecule has 2 nitrogen and oxygen atoms in total. The van der Waals surface area contributed by atoms with Gasteiger partial charge in [0, 0.05) is 29.3 Å². The lowest BCUT2D eigenvalue weighted by molar-refractivity contribution is 0.472. The summed E-state index contributed by atoms with van der Waals surface area (Å²) in [6, 6.07) is 6.97. The van der Waals surface area contributed by atoms with E-state index in [9.17, 15) is 0 Å². The Balaban J connectivity index is 2.28.